The van der Waals surface area contributed by atoms with Gasteiger partial charge in [0.15, 0.2) is 0 Å². The molecule has 1 aromatic carbocycles. The van der Waals surface area contributed by atoms with E-state index in [-0.39, 0.29) is 17.8 Å². The highest BCUT2D eigenvalue weighted by Gasteiger charge is 2.32. The molecule has 1 saturated heterocycles. The van der Waals surface area contributed by atoms with Crippen LogP contribution in [0.2, 0.25) is 0 Å². The number of carbonyl (C=O) groups is 1. The highest BCUT2D eigenvalue weighted by atomic mass is 19.1. The van der Waals surface area contributed by atoms with Gasteiger partial charge in [-0.3, -0.25) is 10.1 Å². The van der Waals surface area contributed by atoms with Crippen LogP contribution in [0.3, 0.4) is 0 Å². The van der Waals surface area contributed by atoms with Gasteiger partial charge in [0.2, 0.25) is 5.91 Å². The number of hydrogen-bond acceptors (Lipinski definition) is 3. The summed E-state index contributed by atoms with van der Waals surface area (Å²) < 4.78 is 13.4. The standard InChI is InChI=1S/C16H22FN3O/c1-11(10-20-7-3-2-4-8-20)18-15-13-9-12(17)5-6-14(13)19-16(15)21/h5-6,9,11,15,18H,2-4,7-8,10H2,1H3,(H,19,21). The van der Waals surface area contributed by atoms with Crippen LogP contribution in [0.5, 0.6) is 0 Å². The zero-order valence-electron chi connectivity index (χ0n) is 12.4. The smallest absolute Gasteiger partial charge is 0.246 e. The third kappa shape index (κ3) is 3.24. The normalized spacial score (nSPS) is 23.7. The summed E-state index contributed by atoms with van der Waals surface area (Å²) in [5.74, 6) is -0.401. The number of anilines is 1. The van der Waals surface area contributed by atoms with Crippen LogP contribution in [0, 0.1) is 5.82 Å². The third-order valence-electron chi connectivity index (χ3n) is 4.28. The van der Waals surface area contributed by atoms with E-state index >= 15 is 0 Å². The molecule has 0 aliphatic carbocycles. The van der Waals surface area contributed by atoms with Crippen molar-refractivity contribution in [3.05, 3.63) is 29.6 Å². The lowest BCUT2D eigenvalue weighted by Gasteiger charge is -2.30. The molecule has 2 aliphatic heterocycles. The van der Waals surface area contributed by atoms with E-state index in [1.54, 1.807) is 6.07 Å². The summed E-state index contributed by atoms with van der Waals surface area (Å²) in [4.78, 5) is 14.5. The summed E-state index contributed by atoms with van der Waals surface area (Å²) in [6.45, 7) is 5.27. The maximum absolute atomic E-state index is 13.4. The first-order chi connectivity index (χ1) is 10.1. The Bertz CT molecular complexity index is 528. The molecule has 114 valence electrons. The number of hydrogen-bond donors (Lipinski definition) is 2. The molecule has 2 unspecified atom stereocenters. The molecule has 0 bridgehead atoms. The number of benzene rings is 1. The monoisotopic (exact) mass is 291 g/mol. The molecule has 1 aromatic rings. The number of likely N-dealkylation sites (tertiary alicyclic amines) is 1. The molecule has 2 N–H and O–H groups in total. The highest BCUT2D eigenvalue weighted by Crippen LogP contribution is 2.31. The molecule has 5 heteroatoms. The Balaban J connectivity index is 1.64. The summed E-state index contributed by atoms with van der Waals surface area (Å²) in [7, 11) is 0. The SMILES string of the molecule is CC(CN1CCCCC1)NC1C(=O)Nc2ccc(F)cc21. The second-order valence-corrected chi connectivity index (χ2v) is 6.08. The van der Waals surface area contributed by atoms with Crippen molar-refractivity contribution in [1.29, 1.82) is 0 Å². The molecule has 2 heterocycles. The molecular weight excluding hydrogens is 269 g/mol. The Hall–Kier alpha value is -1.46. The van der Waals surface area contributed by atoms with Crippen LogP contribution in [0.15, 0.2) is 18.2 Å². The number of amides is 1. The number of nitrogens with one attached hydrogen (secondary N) is 2. The van der Waals surface area contributed by atoms with Gasteiger partial charge in [-0.2, -0.15) is 0 Å². The molecule has 0 saturated carbocycles. The quantitative estimate of drug-likeness (QED) is 0.894. The number of piperidine rings is 1. The van der Waals surface area contributed by atoms with Crippen LogP contribution in [-0.2, 0) is 4.79 Å². The van der Waals surface area contributed by atoms with Crippen molar-refractivity contribution in [2.75, 3.05) is 25.0 Å². The van der Waals surface area contributed by atoms with E-state index in [4.69, 9.17) is 0 Å². The van der Waals surface area contributed by atoms with E-state index in [1.807, 2.05) is 0 Å². The second kappa shape index (κ2) is 6.12. The van der Waals surface area contributed by atoms with Crippen LogP contribution in [-0.4, -0.2) is 36.5 Å². The summed E-state index contributed by atoms with van der Waals surface area (Å²) in [6, 6.07) is 4.18. The van der Waals surface area contributed by atoms with E-state index in [9.17, 15) is 9.18 Å². The summed E-state index contributed by atoms with van der Waals surface area (Å²) in [5, 5.41) is 6.14. The first-order valence-electron chi connectivity index (χ1n) is 7.72. The van der Waals surface area contributed by atoms with Crippen LogP contribution in [0.25, 0.3) is 0 Å². The first kappa shape index (κ1) is 14.5. The number of fused-ring (bicyclic) bond motifs is 1. The molecule has 0 spiro atoms. The molecule has 2 atom stereocenters. The van der Waals surface area contributed by atoms with Crippen molar-refractivity contribution in [2.45, 2.75) is 38.3 Å². The predicted octanol–water partition coefficient (Wildman–Crippen LogP) is 2.28. The van der Waals surface area contributed by atoms with Gasteiger partial charge in [0, 0.05) is 23.8 Å². The number of nitrogens with zero attached hydrogens (tertiary/aromatic N) is 1. The highest BCUT2D eigenvalue weighted by molar-refractivity contribution is 6.02. The van der Waals surface area contributed by atoms with Gasteiger partial charge < -0.3 is 10.2 Å². The Kier molecular flexibility index (Phi) is 4.22. The van der Waals surface area contributed by atoms with Gasteiger partial charge in [-0.15, -0.1) is 0 Å². The molecule has 21 heavy (non-hydrogen) atoms. The number of rotatable bonds is 4. The summed E-state index contributed by atoms with van der Waals surface area (Å²) >= 11 is 0. The van der Waals surface area contributed by atoms with Crippen molar-refractivity contribution < 1.29 is 9.18 Å². The minimum Gasteiger partial charge on any atom is -0.324 e. The minimum atomic E-state index is -0.449. The lowest BCUT2D eigenvalue weighted by Crippen LogP contribution is -2.44. The number of halogens is 1. The molecule has 1 amide bonds. The Morgan fingerprint density at radius 1 is 1.38 bits per heavy atom. The van der Waals surface area contributed by atoms with E-state index < -0.39 is 6.04 Å². The topological polar surface area (TPSA) is 44.4 Å². The largest absolute Gasteiger partial charge is 0.324 e. The van der Waals surface area contributed by atoms with Gasteiger partial charge in [-0.1, -0.05) is 6.42 Å². The predicted molar refractivity (Wildman–Crippen MR) is 80.7 cm³/mol. The average molecular weight is 291 g/mol. The molecule has 3 rings (SSSR count). The van der Waals surface area contributed by atoms with Gasteiger partial charge in [-0.25, -0.2) is 4.39 Å². The van der Waals surface area contributed by atoms with Crippen LogP contribution in [0.4, 0.5) is 10.1 Å². The van der Waals surface area contributed by atoms with E-state index in [1.165, 1.54) is 31.4 Å². The Morgan fingerprint density at radius 3 is 2.90 bits per heavy atom. The van der Waals surface area contributed by atoms with Crippen molar-refractivity contribution in [2.24, 2.45) is 0 Å². The van der Waals surface area contributed by atoms with Gasteiger partial charge in [0.25, 0.3) is 0 Å². The van der Waals surface area contributed by atoms with E-state index in [0.29, 0.717) is 11.3 Å². The Morgan fingerprint density at radius 2 is 2.14 bits per heavy atom. The van der Waals surface area contributed by atoms with Crippen LogP contribution >= 0.6 is 0 Å². The van der Waals surface area contributed by atoms with Crippen molar-refractivity contribution in [1.82, 2.24) is 10.2 Å². The first-order valence-corrected chi connectivity index (χ1v) is 7.72. The molecule has 0 aromatic heterocycles. The van der Waals surface area contributed by atoms with Gasteiger partial charge in [0.05, 0.1) is 0 Å². The van der Waals surface area contributed by atoms with E-state index in [0.717, 1.165) is 19.6 Å². The molecule has 4 nitrogen and oxygen atoms in total. The fourth-order valence-corrected chi connectivity index (χ4v) is 3.26. The zero-order chi connectivity index (χ0) is 14.8. The molecule has 1 fully saturated rings. The molecular formula is C16H22FN3O. The number of carbonyl (C=O) groups excluding carboxylic acids is 1. The fourth-order valence-electron chi connectivity index (χ4n) is 3.26. The van der Waals surface area contributed by atoms with Crippen molar-refractivity contribution in [3.63, 3.8) is 0 Å². The molecule has 2 aliphatic rings. The van der Waals surface area contributed by atoms with Crippen LogP contribution < -0.4 is 10.6 Å². The lowest BCUT2D eigenvalue weighted by atomic mass is 10.1. The van der Waals surface area contributed by atoms with Crippen molar-refractivity contribution in [3.8, 4) is 0 Å². The molecule has 0 radical (unpaired) electrons. The maximum atomic E-state index is 13.4. The summed E-state index contributed by atoms with van der Waals surface area (Å²) in [6.07, 6.45) is 3.82. The summed E-state index contributed by atoms with van der Waals surface area (Å²) in [5.41, 5.74) is 1.43. The zero-order valence-corrected chi connectivity index (χ0v) is 12.4. The van der Waals surface area contributed by atoms with Gasteiger partial charge in [0.1, 0.15) is 11.9 Å². The fraction of sp³-hybridized carbons (Fsp3) is 0.562. The van der Waals surface area contributed by atoms with Crippen LogP contribution in [0.1, 0.15) is 37.8 Å². The van der Waals surface area contributed by atoms with Crippen molar-refractivity contribution >= 4 is 11.6 Å². The second-order valence-electron chi connectivity index (χ2n) is 6.08. The average Bonchev–Trinajstić information content (AvgIpc) is 2.76. The van der Waals surface area contributed by atoms with Gasteiger partial charge >= 0.3 is 0 Å². The van der Waals surface area contributed by atoms with E-state index in [2.05, 4.69) is 22.5 Å². The Labute approximate surface area is 124 Å². The minimum absolute atomic E-state index is 0.0962. The maximum Gasteiger partial charge on any atom is 0.246 e. The third-order valence-corrected chi connectivity index (χ3v) is 4.28. The van der Waals surface area contributed by atoms with Gasteiger partial charge in [-0.05, 0) is 51.1 Å². The lowest BCUT2D eigenvalue weighted by molar-refractivity contribution is -0.117.